The Kier molecular flexibility index (Phi) is 5.03. The van der Waals surface area contributed by atoms with E-state index >= 15 is 0 Å². The molecule has 0 aliphatic heterocycles. The molecule has 3 nitrogen and oxygen atoms in total. The van der Waals surface area contributed by atoms with Gasteiger partial charge in [-0.15, -0.1) is 0 Å². The molecular formula is C17H28N2O. The first kappa shape index (κ1) is 15.3. The lowest BCUT2D eigenvalue weighted by Gasteiger charge is -2.39. The lowest BCUT2D eigenvalue weighted by molar-refractivity contribution is 0.0553. The van der Waals surface area contributed by atoms with Gasteiger partial charge in [-0.2, -0.15) is 0 Å². The van der Waals surface area contributed by atoms with Gasteiger partial charge in [-0.05, 0) is 43.2 Å². The van der Waals surface area contributed by atoms with E-state index in [1.807, 2.05) is 12.4 Å². The Labute approximate surface area is 123 Å². The number of hydrogen-bond donors (Lipinski definition) is 1. The highest BCUT2D eigenvalue weighted by Gasteiger charge is 2.33. The molecule has 0 spiro atoms. The van der Waals surface area contributed by atoms with E-state index in [0.717, 1.165) is 37.6 Å². The van der Waals surface area contributed by atoms with Gasteiger partial charge >= 0.3 is 0 Å². The second-order valence-corrected chi connectivity index (χ2v) is 6.92. The Bertz CT molecular complexity index is 431. The van der Waals surface area contributed by atoms with Crippen LogP contribution in [0, 0.1) is 11.3 Å². The van der Waals surface area contributed by atoms with Crippen molar-refractivity contribution in [3.8, 4) is 5.75 Å². The van der Waals surface area contributed by atoms with Crippen molar-refractivity contribution in [1.29, 1.82) is 0 Å². The van der Waals surface area contributed by atoms with Crippen LogP contribution in [0.3, 0.4) is 0 Å². The van der Waals surface area contributed by atoms with E-state index < -0.39 is 0 Å². The number of hydrogen-bond acceptors (Lipinski definition) is 3. The minimum atomic E-state index is 0.318. The average Bonchev–Trinajstić information content (AvgIpc) is 2.35. The molecule has 1 fully saturated rings. The van der Waals surface area contributed by atoms with Gasteiger partial charge in [-0.25, -0.2) is 0 Å². The SMILES string of the molecule is CCNCc1ccncc1OC1CC(C)CC(C)(C)C1. The van der Waals surface area contributed by atoms with E-state index in [1.54, 1.807) is 0 Å². The molecule has 1 aromatic rings. The largest absolute Gasteiger partial charge is 0.488 e. The molecule has 0 aromatic carbocycles. The average molecular weight is 276 g/mol. The molecule has 3 heteroatoms. The molecule has 1 saturated carbocycles. The molecule has 0 radical (unpaired) electrons. The standard InChI is InChI=1S/C17H28N2O/c1-5-18-11-14-6-7-19-12-16(14)20-15-8-13(2)9-17(3,4)10-15/h6-7,12-13,15,18H,5,8-11H2,1-4H3. The number of pyridine rings is 1. The third-order valence-corrected chi connectivity index (χ3v) is 4.08. The van der Waals surface area contributed by atoms with Crippen molar-refractivity contribution in [2.24, 2.45) is 11.3 Å². The molecule has 0 saturated heterocycles. The molecule has 1 aromatic heterocycles. The first-order chi connectivity index (χ1) is 9.50. The van der Waals surface area contributed by atoms with Crippen molar-refractivity contribution in [3.05, 3.63) is 24.0 Å². The van der Waals surface area contributed by atoms with E-state index in [1.165, 1.54) is 12.0 Å². The van der Waals surface area contributed by atoms with E-state index in [4.69, 9.17) is 4.74 Å². The lowest BCUT2D eigenvalue weighted by atomic mass is 9.71. The van der Waals surface area contributed by atoms with Crippen LogP contribution in [0.15, 0.2) is 18.5 Å². The predicted octanol–water partition coefficient (Wildman–Crippen LogP) is 3.78. The molecule has 1 aliphatic carbocycles. The summed E-state index contributed by atoms with van der Waals surface area (Å²) in [6.07, 6.45) is 7.60. The van der Waals surface area contributed by atoms with Crippen LogP contribution in [0.25, 0.3) is 0 Å². The van der Waals surface area contributed by atoms with Crippen molar-refractivity contribution in [3.63, 3.8) is 0 Å². The predicted molar refractivity (Wildman–Crippen MR) is 82.8 cm³/mol. The zero-order valence-corrected chi connectivity index (χ0v) is 13.3. The third kappa shape index (κ3) is 4.20. The minimum Gasteiger partial charge on any atom is -0.488 e. The zero-order chi connectivity index (χ0) is 14.6. The van der Waals surface area contributed by atoms with E-state index in [2.05, 4.69) is 44.1 Å². The summed E-state index contributed by atoms with van der Waals surface area (Å²) < 4.78 is 6.29. The maximum atomic E-state index is 6.29. The van der Waals surface area contributed by atoms with Gasteiger partial charge in [0.2, 0.25) is 0 Å². The number of ether oxygens (including phenoxy) is 1. The maximum absolute atomic E-state index is 6.29. The molecule has 20 heavy (non-hydrogen) atoms. The van der Waals surface area contributed by atoms with Gasteiger partial charge in [0.05, 0.1) is 12.3 Å². The van der Waals surface area contributed by atoms with E-state index in [0.29, 0.717) is 11.5 Å². The highest BCUT2D eigenvalue weighted by Crippen LogP contribution is 2.40. The molecule has 112 valence electrons. The van der Waals surface area contributed by atoms with Gasteiger partial charge in [0, 0.05) is 18.3 Å². The van der Waals surface area contributed by atoms with Gasteiger partial charge in [0.25, 0.3) is 0 Å². The van der Waals surface area contributed by atoms with Crippen LogP contribution in [0.5, 0.6) is 5.75 Å². The highest BCUT2D eigenvalue weighted by atomic mass is 16.5. The Morgan fingerprint density at radius 3 is 2.90 bits per heavy atom. The summed E-state index contributed by atoms with van der Waals surface area (Å²) in [7, 11) is 0. The summed E-state index contributed by atoms with van der Waals surface area (Å²) in [6.45, 7) is 11.0. The van der Waals surface area contributed by atoms with Crippen molar-refractivity contribution in [1.82, 2.24) is 10.3 Å². The smallest absolute Gasteiger partial charge is 0.142 e. The van der Waals surface area contributed by atoms with Crippen LogP contribution < -0.4 is 10.1 Å². The summed E-state index contributed by atoms with van der Waals surface area (Å²) in [5.41, 5.74) is 1.59. The molecule has 1 heterocycles. The highest BCUT2D eigenvalue weighted by molar-refractivity contribution is 5.30. The molecule has 2 unspecified atom stereocenters. The maximum Gasteiger partial charge on any atom is 0.142 e. The Hall–Kier alpha value is -1.09. The lowest BCUT2D eigenvalue weighted by Crippen LogP contribution is -2.34. The molecule has 1 N–H and O–H groups in total. The van der Waals surface area contributed by atoms with Crippen molar-refractivity contribution < 1.29 is 4.74 Å². The summed E-state index contributed by atoms with van der Waals surface area (Å²) >= 11 is 0. The van der Waals surface area contributed by atoms with Crippen LogP contribution in [-0.4, -0.2) is 17.6 Å². The first-order valence-electron chi connectivity index (χ1n) is 7.80. The normalized spacial score (nSPS) is 25.4. The summed E-state index contributed by atoms with van der Waals surface area (Å²) in [5, 5.41) is 3.36. The molecule has 2 rings (SSSR count). The van der Waals surface area contributed by atoms with Crippen molar-refractivity contribution >= 4 is 0 Å². The molecule has 2 atom stereocenters. The quantitative estimate of drug-likeness (QED) is 0.888. The zero-order valence-electron chi connectivity index (χ0n) is 13.3. The number of aromatic nitrogens is 1. The van der Waals surface area contributed by atoms with Gasteiger partial charge in [-0.1, -0.05) is 27.7 Å². The van der Waals surface area contributed by atoms with Crippen LogP contribution >= 0.6 is 0 Å². The summed E-state index contributed by atoms with van der Waals surface area (Å²) in [5.74, 6) is 1.68. The number of rotatable bonds is 5. The van der Waals surface area contributed by atoms with Gasteiger partial charge in [0.1, 0.15) is 5.75 Å². The Morgan fingerprint density at radius 2 is 2.20 bits per heavy atom. The summed E-state index contributed by atoms with van der Waals surface area (Å²) in [6, 6.07) is 2.05. The van der Waals surface area contributed by atoms with Crippen molar-refractivity contribution in [2.45, 2.75) is 59.6 Å². The van der Waals surface area contributed by atoms with Crippen LogP contribution in [0.2, 0.25) is 0 Å². The molecular weight excluding hydrogens is 248 g/mol. The Balaban J connectivity index is 2.05. The Morgan fingerprint density at radius 1 is 1.40 bits per heavy atom. The fourth-order valence-electron chi connectivity index (χ4n) is 3.45. The van der Waals surface area contributed by atoms with Gasteiger partial charge < -0.3 is 10.1 Å². The molecule has 1 aliphatic rings. The number of nitrogens with one attached hydrogen (secondary N) is 1. The van der Waals surface area contributed by atoms with Crippen molar-refractivity contribution in [2.75, 3.05) is 6.54 Å². The first-order valence-corrected chi connectivity index (χ1v) is 7.80. The van der Waals surface area contributed by atoms with Crippen LogP contribution in [-0.2, 0) is 6.54 Å². The minimum absolute atomic E-state index is 0.318. The second kappa shape index (κ2) is 6.57. The summed E-state index contributed by atoms with van der Waals surface area (Å²) in [4.78, 5) is 4.22. The molecule has 0 amide bonds. The number of nitrogens with zero attached hydrogens (tertiary/aromatic N) is 1. The third-order valence-electron chi connectivity index (χ3n) is 4.08. The topological polar surface area (TPSA) is 34.2 Å². The van der Waals surface area contributed by atoms with Gasteiger partial charge in [0.15, 0.2) is 0 Å². The molecule has 0 bridgehead atoms. The van der Waals surface area contributed by atoms with Crippen LogP contribution in [0.1, 0.15) is 52.5 Å². The fourth-order valence-corrected chi connectivity index (χ4v) is 3.45. The fraction of sp³-hybridized carbons (Fsp3) is 0.706. The second-order valence-electron chi connectivity index (χ2n) is 6.92. The van der Waals surface area contributed by atoms with E-state index in [9.17, 15) is 0 Å². The van der Waals surface area contributed by atoms with Gasteiger partial charge in [-0.3, -0.25) is 4.98 Å². The van der Waals surface area contributed by atoms with E-state index in [-0.39, 0.29) is 0 Å². The van der Waals surface area contributed by atoms with Crippen LogP contribution in [0.4, 0.5) is 0 Å². The monoisotopic (exact) mass is 276 g/mol.